The number of phenolic OH excluding ortho intramolecular Hbond substituents is 1. The van der Waals surface area contributed by atoms with Gasteiger partial charge in [0.05, 0.1) is 27.8 Å². The number of pyridine rings is 1. The molecular weight excluding hydrogens is 695 g/mol. The zero-order chi connectivity index (χ0) is 40.1. The number of phenols is 1. The highest BCUT2D eigenvalue weighted by atomic mass is 16.3. The predicted molar refractivity (Wildman–Crippen MR) is 238 cm³/mol. The lowest BCUT2D eigenvalue weighted by Crippen LogP contribution is -2.28. The maximum absolute atomic E-state index is 11.7. The average molecular weight is 746 g/mol. The molecule has 0 saturated heterocycles. The second-order valence-corrected chi connectivity index (χ2v) is 17.1. The van der Waals surface area contributed by atoms with Crippen LogP contribution in [0.5, 0.6) is 5.75 Å². The fraction of sp³-hybridized carbons (Fsp3) is 0.208. The first kappa shape index (κ1) is 37.7. The van der Waals surface area contributed by atoms with Crippen LogP contribution in [-0.2, 0) is 11.0 Å². The monoisotopic (exact) mass is 745 g/mol. The number of nitrogens with zero attached hydrogens (tertiary/aromatic N) is 3. The van der Waals surface area contributed by atoms with Gasteiger partial charge in [0.1, 0.15) is 11.6 Å². The zero-order valence-corrected chi connectivity index (χ0v) is 34.3. The zero-order valence-electron chi connectivity index (χ0n) is 34.3. The molecule has 0 amide bonds. The molecule has 8 aromatic rings. The van der Waals surface area contributed by atoms with Crippen LogP contribution in [0, 0.1) is 13.8 Å². The molecule has 1 atom stereocenters. The Morgan fingerprint density at radius 3 is 1.95 bits per heavy atom. The first-order chi connectivity index (χ1) is 27.3. The molecule has 4 heteroatoms. The summed E-state index contributed by atoms with van der Waals surface area (Å²) in [6.45, 7) is 17.5. The van der Waals surface area contributed by atoms with E-state index in [1.807, 2.05) is 13.1 Å². The molecule has 0 aliphatic carbocycles. The molecule has 0 radical (unpaired) electrons. The van der Waals surface area contributed by atoms with E-state index in [1.165, 1.54) is 11.1 Å². The summed E-state index contributed by atoms with van der Waals surface area (Å²) in [5.41, 5.74) is 15.3. The molecule has 0 saturated carbocycles. The molecule has 57 heavy (non-hydrogen) atoms. The maximum atomic E-state index is 11.7. The van der Waals surface area contributed by atoms with Gasteiger partial charge in [0.25, 0.3) is 0 Å². The van der Waals surface area contributed by atoms with Crippen LogP contribution in [0.2, 0.25) is 0 Å². The maximum Gasteiger partial charge on any atom is 0.145 e. The number of para-hydroxylation sites is 1. The third-order valence-electron chi connectivity index (χ3n) is 11.6. The average Bonchev–Trinajstić information content (AvgIpc) is 3.62. The molecule has 0 aliphatic rings. The lowest BCUT2D eigenvalue weighted by molar-refractivity contribution is 0.447. The van der Waals surface area contributed by atoms with Crippen LogP contribution in [0.1, 0.15) is 80.8 Å². The molecule has 8 rings (SSSR count). The Bertz CT molecular complexity index is 2720. The van der Waals surface area contributed by atoms with E-state index in [9.17, 15) is 5.11 Å². The van der Waals surface area contributed by atoms with Crippen molar-refractivity contribution in [1.82, 2.24) is 14.5 Å². The van der Waals surface area contributed by atoms with Crippen molar-refractivity contribution >= 4 is 11.0 Å². The van der Waals surface area contributed by atoms with Crippen LogP contribution in [-0.4, -0.2) is 19.6 Å². The topological polar surface area (TPSA) is 50.9 Å². The third-order valence-corrected chi connectivity index (χ3v) is 11.6. The molecule has 0 bridgehead atoms. The van der Waals surface area contributed by atoms with Gasteiger partial charge in [0, 0.05) is 23.2 Å². The van der Waals surface area contributed by atoms with Crippen molar-refractivity contribution in [3.8, 4) is 50.6 Å². The van der Waals surface area contributed by atoms with E-state index in [4.69, 9.17) is 9.97 Å². The molecule has 6 aromatic carbocycles. The number of imidazole rings is 1. The normalized spacial score (nSPS) is 12.6. The van der Waals surface area contributed by atoms with Gasteiger partial charge < -0.3 is 9.67 Å². The summed E-state index contributed by atoms with van der Waals surface area (Å²) in [6.07, 6.45) is 1.91. The summed E-state index contributed by atoms with van der Waals surface area (Å²) >= 11 is 0. The van der Waals surface area contributed by atoms with Gasteiger partial charge in [-0.05, 0) is 120 Å². The number of aryl methyl sites for hydroxylation is 2. The van der Waals surface area contributed by atoms with E-state index in [1.54, 1.807) is 0 Å². The van der Waals surface area contributed by atoms with Crippen LogP contribution < -0.4 is 0 Å². The molecular formula is C53H51N3O. The van der Waals surface area contributed by atoms with Crippen molar-refractivity contribution in [2.75, 3.05) is 0 Å². The highest BCUT2D eigenvalue weighted by molar-refractivity contribution is 5.96. The standard InChI is InChI=1S/C53H51N3O/c1-34-28-41(31-42(29-34)47-32-40(26-27-54-47)39-24-22-38(23-25-39)36(3)37-16-11-9-12-17-37)45-20-15-21-48-49(45)55-51(56(48)53(7,8)43-18-13-10-14-19-43)46-33-44(52(4,5)6)30-35(2)50(46)57/h9-33,36,57H,1-8H3. The number of aromatic nitrogens is 3. The van der Waals surface area contributed by atoms with Crippen LogP contribution >= 0.6 is 0 Å². The van der Waals surface area contributed by atoms with Crippen LogP contribution in [0.15, 0.2) is 152 Å². The minimum Gasteiger partial charge on any atom is -0.507 e. The van der Waals surface area contributed by atoms with E-state index in [-0.39, 0.29) is 11.2 Å². The SMILES string of the molecule is Cc1cc(-c2cc(-c3ccc(C(C)c4ccccc4)cc3)ccn2)cc(-c2cccc3c2nc(-c2cc(C(C)(C)C)cc(C)c2O)n3C(C)(C)c2ccccc2)c1. The third kappa shape index (κ3) is 7.17. The predicted octanol–water partition coefficient (Wildman–Crippen LogP) is 13.7. The first-order valence-electron chi connectivity index (χ1n) is 20.0. The van der Waals surface area contributed by atoms with Gasteiger partial charge >= 0.3 is 0 Å². The van der Waals surface area contributed by atoms with Crippen molar-refractivity contribution in [2.45, 2.75) is 72.3 Å². The van der Waals surface area contributed by atoms with Gasteiger partial charge in [0.2, 0.25) is 0 Å². The van der Waals surface area contributed by atoms with Crippen molar-refractivity contribution in [3.05, 3.63) is 185 Å². The summed E-state index contributed by atoms with van der Waals surface area (Å²) in [5.74, 6) is 1.32. The van der Waals surface area contributed by atoms with Gasteiger partial charge in [-0.25, -0.2) is 4.98 Å². The second kappa shape index (κ2) is 14.7. The smallest absolute Gasteiger partial charge is 0.145 e. The van der Waals surface area contributed by atoms with Crippen molar-refractivity contribution < 1.29 is 5.11 Å². The Labute approximate surface area is 337 Å². The van der Waals surface area contributed by atoms with Gasteiger partial charge in [-0.15, -0.1) is 0 Å². The summed E-state index contributed by atoms with van der Waals surface area (Å²) < 4.78 is 2.32. The fourth-order valence-corrected chi connectivity index (χ4v) is 8.19. The van der Waals surface area contributed by atoms with E-state index in [2.05, 4.69) is 199 Å². The number of aromatic hydroxyl groups is 1. The van der Waals surface area contributed by atoms with Gasteiger partial charge in [-0.3, -0.25) is 4.98 Å². The Morgan fingerprint density at radius 2 is 1.25 bits per heavy atom. The van der Waals surface area contributed by atoms with Crippen molar-refractivity contribution in [1.29, 1.82) is 0 Å². The van der Waals surface area contributed by atoms with Crippen molar-refractivity contribution in [2.24, 2.45) is 0 Å². The lowest BCUT2D eigenvalue weighted by Gasteiger charge is -2.31. The minimum absolute atomic E-state index is 0.113. The molecule has 284 valence electrons. The van der Waals surface area contributed by atoms with Gasteiger partial charge in [-0.1, -0.05) is 137 Å². The fourth-order valence-electron chi connectivity index (χ4n) is 8.19. The molecule has 1 N–H and O–H groups in total. The summed E-state index contributed by atoms with van der Waals surface area (Å²) in [6, 6.07) is 51.8. The number of rotatable bonds is 8. The molecule has 0 spiro atoms. The van der Waals surface area contributed by atoms with Gasteiger partial charge in [-0.2, -0.15) is 0 Å². The van der Waals surface area contributed by atoms with E-state index < -0.39 is 5.54 Å². The largest absolute Gasteiger partial charge is 0.507 e. The van der Waals surface area contributed by atoms with E-state index >= 15 is 0 Å². The van der Waals surface area contributed by atoms with Crippen molar-refractivity contribution in [3.63, 3.8) is 0 Å². The number of hydrogen-bond donors (Lipinski definition) is 1. The van der Waals surface area contributed by atoms with E-state index in [0.717, 1.165) is 78.2 Å². The highest BCUT2D eigenvalue weighted by Gasteiger charge is 2.31. The second-order valence-electron chi connectivity index (χ2n) is 17.1. The molecule has 2 aromatic heterocycles. The number of fused-ring (bicyclic) bond motifs is 1. The van der Waals surface area contributed by atoms with Crippen LogP contribution in [0.4, 0.5) is 0 Å². The minimum atomic E-state index is -0.498. The summed E-state index contributed by atoms with van der Waals surface area (Å²) in [4.78, 5) is 10.4. The van der Waals surface area contributed by atoms with Crippen LogP contribution in [0.3, 0.4) is 0 Å². The van der Waals surface area contributed by atoms with Crippen LogP contribution in [0.25, 0.3) is 55.9 Å². The first-order valence-corrected chi connectivity index (χ1v) is 20.0. The molecule has 0 fully saturated rings. The molecule has 0 aliphatic heterocycles. The Kier molecular flexibility index (Phi) is 9.69. The molecule has 4 nitrogen and oxygen atoms in total. The Hall–Kier alpha value is -6.26. The Balaban J connectivity index is 1.25. The summed E-state index contributed by atoms with van der Waals surface area (Å²) in [5, 5.41) is 11.7. The number of benzene rings is 6. The molecule has 2 heterocycles. The van der Waals surface area contributed by atoms with E-state index in [0.29, 0.717) is 5.92 Å². The number of hydrogen-bond acceptors (Lipinski definition) is 3. The summed E-state index contributed by atoms with van der Waals surface area (Å²) in [7, 11) is 0. The quantitative estimate of drug-likeness (QED) is 0.168. The van der Waals surface area contributed by atoms with Gasteiger partial charge in [0.15, 0.2) is 0 Å². The lowest BCUT2D eigenvalue weighted by atomic mass is 9.84. The highest BCUT2D eigenvalue weighted by Crippen LogP contribution is 2.44. The Morgan fingerprint density at radius 1 is 0.579 bits per heavy atom. The molecule has 1 unspecified atom stereocenters.